The van der Waals surface area contributed by atoms with Gasteiger partial charge in [-0.15, -0.1) is 0 Å². The van der Waals surface area contributed by atoms with Crippen molar-refractivity contribution in [3.05, 3.63) is 35.8 Å². The number of aliphatic hydroxyl groups is 1. The van der Waals surface area contributed by atoms with E-state index in [1.165, 1.54) is 0 Å². The third-order valence-corrected chi connectivity index (χ3v) is 2.11. The van der Waals surface area contributed by atoms with Gasteiger partial charge < -0.3 is 14.3 Å². The normalized spacial score (nSPS) is 11.2. The molecule has 0 saturated heterocycles. The fourth-order valence-corrected chi connectivity index (χ4v) is 1.16. The lowest BCUT2D eigenvalue weighted by Gasteiger charge is -2.22. The highest BCUT2D eigenvalue weighted by molar-refractivity contribution is 5.87. The molecule has 0 spiro atoms. The van der Waals surface area contributed by atoms with E-state index in [4.69, 9.17) is 14.3 Å². The van der Waals surface area contributed by atoms with Gasteiger partial charge in [-0.2, -0.15) is 0 Å². The van der Waals surface area contributed by atoms with E-state index >= 15 is 0 Å². The Labute approximate surface area is 94.5 Å². The van der Waals surface area contributed by atoms with Gasteiger partial charge in [0.05, 0.1) is 0 Å². The summed E-state index contributed by atoms with van der Waals surface area (Å²) in [5, 5.41) is 8.87. The number of carbonyl (C=O) groups is 1. The van der Waals surface area contributed by atoms with Gasteiger partial charge in [0.1, 0.15) is 18.1 Å². The summed E-state index contributed by atoms with van der Waals surface area (Å²) in [5.41, 5.74) is -0.536. The van der Waals surface area contributed by atoms with Gasteiger partial charge in [0.2, 0.25) is 0 Å². The van der Waals surface area contributed by atoms with Crippen molar-refractivity contribution < 1.29 is 19.1 Å². The summed E-state index contributed by atoms with van der Waals surface area (Å²) in [6.07, 6.45) is 0. The molecule has 0 aromatic carbocycles. The van der Waals surface area contributed by atoms with E-state index in [1.807, 2.05) is 0 Å². The largest absolute Gasteiger partial charge is 0.459 e. The number of furan rings is 1. The van der Waals surface area contributed by atoms with E-state index in [2.05, 4.69) is 6.58 Å². The third-order valence-electron chi connectivity index (χ3n) is 2.11. The standard InChI is InChI=1S/C12H16O4/c1-8(2)11(14)16-12(3,4)10-6-5-9(7-13)15-10/h5-6,13H,1,7H2,2-4H3. The molecule has 0 saturated carbocycles. The smallest absolute Gasteiger partial charge is 0.334 e. The third kappa shape index (κ3) is 2.73. The zero-order chi connectivity index (χ0) is 12.3. The molecule has 4 heteroatoms. The predicted octanol–water partition coefficient (Wildman–Crippen LogP) is 2.13. The summed E-state index contributed by atoms with van der Waals surface area (Å²) < 4.78 is 10.6. The molecular formula is C12H16O4. The molecular weight excluding hydrogens is 208 g/mol. The Morgan fingerprint density at radius 3 is 2.62 bits per heavy atom. The lowest BCUT2D eigenvalue weighted by molar-refractivity contribution is -0.154. The highest BCUT2D eigenvalue weighted by Crippen LogP contribution is 2.27. The molecule has 1 rings (SSSR count). The van der Waals surface area contributed by atoms with Crippen molar-refractivity contribution >= 4 is 5.97 Å². The average molecular weight is 224 g/mol. The van der Waals surface area contributed by atoms with E-state index in [0.29, 0.717) is 17.1 Å². The number of esters is 1. The second-order valence-electron chi connectivity index (χ2n) is 4.10. The number of aliphatic hydroxyl groups excluding tert-OH is 1. The van der Waals surface area contributed by atoms with Crippen LogP contribution in [-0.2, 0) is 21.7 Å². The predicted molar refractivity (Wildman–Crippen MR) is 58.6 cm³/mol. The Morgan fingerprint density at radius 1 is 1.56 bits per heavy atom. The van der Waals surface area contributed by atoms with E-state index in [1.54, 1.807) is 32.9 Å². The molecule has 1 aromatic heterocycles. The van der Waals surface area contributed by atoms with E-state index in [-0.39, 0.29) is 6.61 Å². The summed E-state index contributed by atoms with van der Waals surface area (Å²) in [6, 6.07) is 3.32. The van der Waals surface area contributed by atoms with Gasteiger partial charge in [-0.3, -0.25) is 0 Å². The first-order valence-electron chi connectivity index (χ1n) is 4.95. The summed E-state index contributed by atoms with van der Waals surface area (Å²) >= 11 is 0. The van der Waals surface area contributed by atoms with E-state index < -0.39 is 11.6 Å². The molecule has 1 aromatic rings. The molecule has 1 heterocycles. The van der Waals surface area contributed by atoms with Crippen LogP contribution in [0.3, 0.4) is 0 Å². The second-order valence-corrected chi connectivity index (χ2v) is 4.10. The number of hydrogen-bond donors (Lipinski definition) is 1. The molecule has 0 radical (unpaired) electrons. The highest BCUT2D eigenvalue weighted by atomic mass is 16.6. The minimum atomic E-state index is -0.872. The van der Waals surface area contributed by atoms with Crippen LogP contribution in [0, 0.1) is 0 Å². The molecule has 16 heavy (non-hydrogen) atoms. The molecule has 0 bridgehead atoms. The molecule has 4 nitrogen and oxygen atoms in total. The van der Waals surface area contributed by atoms with Crippen LogP contribution in [0.5, 0.6) is 0 Å². The lowest BCUT2D eigenvalue weighted by atomic mass is 10.1. The number of ether oxygens (including phenoxy) is 1. The number of rotatable bonds is 4. The van der Waals surface area contributed by atoms with Crippen LogP contribution in [0.1, 0.15) is 32.3 Å². The van der Waals surface area contributed by atoms with Crippen LogP contribution in [0.4, 0.5) is 0 Å². The van der Waals surface area contributed by atoms with Crippen LogP contribution in [0.15, 0.2) is 28.7 Å². The molecule has 0 aliphatic heterocycles. The van der Waals surface area contributed by atoms with Crippen molar-refractivity contribution in [2.75, 3.05) is 0 Å². The van der Waals surface area contributed by atoms with Gasteiger partial charge in [-0.25, -0.2) is 4.79 Å². The Kier molecular flexibility index (Phi) is 3.55. The fourth-order valence-electron chi connectivity index (χ4n) is 1.16. The van der Waals surface area contributed by atoms with Crippen molar-refractivity contribution in [2.45, 2.75) is 33.0 Å². The first kappa shape index (κ1) is 12.5. The fraction of sp³-hybridized carbons (Fsp3) is 0.417. The average Bonchev–Trinajstić information content (AvgIpc) is 2.65. The Hall–Kier alpha value is -1.55. The Bertz CT molecular complexity index is 401. The topological polar surface area (TPSA) is 59.7 Å². The molecule has 0 aliphatic carbocycles. The van der Waals surface area contributed by atoms with Crippen LogP contribution in [0.25, 0.3) is 0 Å². The molecule has 88 valence electrons. The molecule has 0 fully saturated rings. The summed E-state index contributed by atoms with van der Waals surface area (Å²) in [5.74, 6) is 0.465. The van der Waals surface area contributed by atoms with Gasteiger partial charge >= 0.3 is 5.97 Å². The van der Waals surface area contributed by atoms with Gasteiger partial charge in [-0.1, -0.05) is 6.58 Å². The molecule has 0 atom stereocenters. The van der Waals surface area contributed by atoms with Gasteiger partial charge in [0, 0.05) is 5.57 Å². The van der Waals surface area contributed by atoms with Crippen molar-refractivity contribution in [3.63, 3.8) is 0 Å². The molecule has 0 amide bonds. The van der Waals surface area contributed by atoms with Crippen molar-refractivity contribution in [2.24, 2.45) is 0 Å². The molecule has 0 aliphatic rings. The minimum absolute atomic E-state index is 0.176. The van der Waals surface area contributed by atoms with E-state index in [0.717, 1.165) is 0 Å². The van der Waals surface area contributed by atoms with Crippen LogP contribution < -0.4 is 0 Å². The highest BCUT2D eigenvalue weighted by Gasteiger charge is 2.29. The maximum Gasteiger partial charge on any atom is 0.334 e. The van der Waals surface area contributed by atoms with Gasteiger partial charge in [0.15, 0.2) is 5.60 Å². The van der Waals surface area contributed by atoms with Gasteiger partial charge in [-0.05, 0) is 32.9 Å². The van der Waals surface area contributed by atoms with Crippen LogP contribution >= 0.6 is 0 Å². The zero-order valence-corrected chi connectivity index (χ0v) is 9.74. The number of hydrogen-bond acceptors (Lipinski definition) is 4. The SMILES string of the molecule is C=C(C)C(=O)OC(C)(C)c1ccc(CO)o1. The maximum absolute atomic E-state index is 11.4. The minimum Gasteiger partial charge on any atom is -0.459 e. The van der Waals surface area contributed by atoms with Crippen molar-refractivity contribution in [1.82, 2.24) is 0 Å². The monoisotopic (exact) mass is 224 g/mol. The zero-order valence-electron chi connectivity index (χ0n) is 9.74. The van der Waals surface area contributed by atoms with E-state index in [9.17, 15) is 4.79 Å². The lowest BCUT2D eigenvalue weighted by Crippen LogP contribution is -2.25. The Balaban J connectivity index is 2.84. The summed E-state index contributed by atoms with van der Waals surface area (Å²) in [6.45, 7) is 8.35. The second kappa shape index (κ2) is 4.53. The Morgan fingerprint density at radius 2 is 2.19 bits per heavy atom. The first-order valence-corrected chi connectivity index (χ1v) is 4.95. The van der Waals surface area contributed by atoms with Crippen molar-refractivity contribution in [1.29, 1.82) is 0 Å². The van der Waals surface area contributed by atoms with Gasteiger partial charge in [0.25, 0.3) is 0 Å². The van der Waals surface area contributed by atoms with Crippen LogP contribution in [-0.4, -0.2) is 11.1 Å². The maximum atomic E-state index is 11.4. The summed E-state index contributed by atoms with van der Waals surface area (Å²) in [4.78, 5) is 11.4. The molecule has 1 N–H and O–H groups in total. The van der Waals surface area contributed by atoms with Crippen LogP contribution in [0.2, 0.25) is 0 Å². The first-order chi connectivity index (χ1) is 7.36. The summed E-state index contributed by atoms with van der Waals surface area (Å²) in [7, 11) is 0. The van der Waals surface area contributed by atoms with Crippen molar-refractivity contribution in [3.8, 4) is 0 Å². The quantitative estimate of drug-likeness (QED) is 0.628. The molecule has 0 unspecified atom stereocenters. The number of carbonyl (C=O) groups excluding carboxylic acids is 1.